The lowest BCUT2D eigenvalue weighted by Crippen LogP contribution is -2.51. The topological polar surface area (TPSA) is 94.3 Å². The van der Waals surface area contributed by atoms with E-state index >= 15 is 0 Å². The molecule has 0 bridgehead atoms. The first-order valence-corrected chi connectivity index (χ1v) is 13.4. The van der Waals surface area contributed by atoms with E-state index in [1.165, 1.54) is 9.75 Å². The maximum Gasteiger partial charge on any atom is 0.252 e. The number of hydrogen-bond acceptors (Lipinski definition) is 6. The maximum atomic E-state index is 13.1. The van der Waals surface area contributed by atoms with Crippen LogP contribution in [0.5, 0.6) is 0 Å². The molecule has 0 aliphatic carbocycles. The Kier molecular flexibility index (Phi) is 7.36. The normalized spacial score (nSPS) is 18.4. The molecule has 8 heteroatoms. The SMILES string of the molecule is Cc1ccc(NC2CNC2)cc1C(=O)N[C@H](C)c1cccc(-c2ccc(CNC3CCNC3=O)s2)c1. The second-order valence-electron chi connectivity index (χ2n) is 9.63. The van der Waals surface area contributed by atoms with Gasteiger partial charge >= 0.3 is 0 Å². The van der Waals surface area contributed by atoms with E-state index in [1.54, 1.807) is 11.3 Å². The molecule has 5 N–H and O–H groups in total. The van der Waals surface area contributed by atoms with E-state index in [9.17, 15) is 9.59 Å². The Morgan fingerprint density at radius 2 is 2.00 bits per heavy atom. The van der Waals surface area contributed by atoms with Crippen LogP contribution in [-0.4, -0.2) is 43.5 Å². The summed E-state index contributed by atoms with van der Waals surface area (Å²) in [5.74, 6) is 0.0191. The average Bonchev–Trinajstić information content (AvgIpc) is 3.49. The average molecular weight is 504 g/mol. The highest BCUT2D eigenvalue weighted by molar-refractivity contribution is 7.15. The van der Waals surface area contributed by atoms with Gasteiger partial charge in [0.2, 0.25) is 5.91 Å². The van der Waals surface area contributed by atoms with Gasteiger partial charge in [-0.2, -0.15) is 0 Å². The number of aryl methyl sites for hydroxylation is 1. The van der Waals surface area contributed by atoms with Crippen molar-refractivity contribution in [3.8, 4) is 10.4 Å². The number of benzene rings is 2. The molecule has 2 amide bonds. The molecule has 2 aliphatic rings. The molecule has 2 fully saturated rings. The highest BCUT2D eigenvalue weighted by Crippen LogP contribution is 2.30. The van der Waals surface area contributed by atoms with Crippen LogP contribution in [0.4, 0.5) is 5.69 Å². The van der Waals surface area contributed by atoms with Gasteiger partial charge in [-0.1, -0.05) is 24.3 Å². The lowest BCUT2D eigenvalue weighted by molar-refractivity contribution is -0.120. The highest BCUT2D eigenvalue weighted by atomic mass is 32.1. The Labute approximate surface area is 216 Å². The van der Waals surface area contributed by atoms with Crippen LogP contribution in [0, 0.1) is 6.92 Å². The molecule has 5 rings (SSSR count). The van der Waals surface area contributed by atoms with Gasteiger partial charge in [-0.15, -0.1) is 11.3 Å². The Balaban J connectivity index is 1.23. The van der Waals surface area contributed by atoms with Crippen molar-refractivity contribution in [3.63, 3.8) is 0 Å². The summed E-state index contributed by atoms with van der Waals surface area (Å²) in [6.45, 7) is 7.31. The van der Waals surface area contributed by atoms with E-state index in [4.69, 9.17) is 0 Å². The molecule has 3 aromatic rings. The fraction of sp³-hybridized carbons (Fsp3) is 0.357. The zero-order chi connectivity index (χ0) is 25.1. The van der Waals surface area contributed by atoms with E-state index in [1.807, 2.05) is 38.1 Å². The molecule has 2 aliphatic heterocycles. The number of carbonyl (C=O) groups excluding carboxylic acids is 2. The molecular weight excluding hydrogens is 470 g/mol. The van der Waals surface area contributed by atoms with E-state index in [2.05, 4.69) is 56.9 Å². The molecule has 0 radical (unpaired) electrons. The third-order valence-corrected chi connectivity index (χ3v) is 8.02. The predicted molar refractivity (Wildman–Crippen MR) is 145 cm³/mol. The molecule has 2 saturated heterocycles. The van der Waals surface area contributed by atoms with E-state index < -0.39 is 0 Å². The Morgan fingerprint density at radius 1 is 1.14 bits per heavy atom. The molecule has 0 spiro atoms. The zero-order valence-corrected chi connectivity index (χ0v) is 21.5. The van der Waals surface area contributed by atoms with E-state index in [0.717, 1.165) is 48.4 Å². The second-order valence-corrected chi connectivity index (χ2v) is 10.8. The molecule has 3 heterocycles. The molecule has 1 unspecified atom stereocenters. The molecule has 1 aromatic heterocycles. The summed E-state index contributed by atoms with van der Waals surface area (Å²) in [7, 11) is 0. The Morgan fingerprint density at radius 3 is 2.75 bits per heavy atom. The van der Waals surface area contributed by atoms with Crippen LogP contribution in [-0.2, 0) is 11.3 Å². The van der Waals surface area contributed by atoms with Crippen LogP contribution in [0.25, 0.3) is 10.4 Å². The van der Waals surface area contributed by atoms with Crippen LogP contribution < -0.4 is 26.6 Å². The van der Waals surface area contributed by atoms with Gasteiger partial charge in [0, 0.05) is 47.2 Å². The number of anilines is 1. The van der Waals surface area contributed by atoms with Crippen molar-refractivity contribution >= 4 is 28.8 Å². The zero-order valence-electron chi connectivity index (χ0n) is 20.7. The van der Waals surface area contributed by atoms with Gasteiger partial charge in [-0.05, 0) is 67.3 Å². The molecule has 2 aromatic carbocycles. The van der Waals surface area contributed by atoms with Gasteiger partial charge in [0.25, 0.3) is 5.91 Å². The fourth-order valence-electron chi connectivity index (χ4n) is 4.54. The summed E-state index contributed by atoms with van der Waals surface area (Å²) in [4.78, 5) is 27.3. The quantitative estimate of drug-likeness (QED) is 0.308. The number of hydrogen-bond donors (Lipinski definition) is 5. The van der Waals surface area contributed by atoms with Gasteiger partial charge in [-0.3, -0.25) is 9.59 Å². The molecular formula is C28H33N5O2S. The van der Waals surface area contributed by atoms with Gasteiger partial charge < -0.3 is 26.6 Å². The molecule has 188 valence electrons. The summed E-state index contributed by atoms with van der Waals surface area (Å²) >= 11 is 1.72. The standard InChI is InChI=1S/C28H33N5O2S/c1-17-6-7-21(33-22-14-29-15-22)13-24(17)27(34)32-18(2)19-4-3-5-20(12-19)26-9-8-23(36-26)16-31-25-10-11-30-28(25)35/h3-9,12-13,18,22,25,29,31,33H,10-11,14-16H2,1-2H3,(H,30,35)(H,32,34)/t18-,25?/m1/s1. The number of thiophene rings is 1. The monoisotopic (exact) mass is 503 g/mol. The summed E-state index contributed by atoms with van der Waals surface area (Å²) in [5.41, 5.74) is 4.81. The molecule has 2 atom stereocenters. The summed E-state index contributed by atoms with van der Waals surface area (Å²) in [6.07, 6.45) is 0.834. The molecule has 36 heavy (non-hydrogen) atoms. The minimum Gasteiger partial charge on any atom is -0.380 e. The number of carbonyl (C=O) groups is 2. The largest absolute Gasteiger partial charge is 0.380 e. The maximum absolute atomic E-state index is 13.1. The Hall–Kier alpha value is -3.20. The van der Waals surface area contributed by atoms with Gasteiger partial charge in [-0.25, -0.2) is 0 Å². The van der Waals surface area contributed by atoms with Crippen molar-refractivity contribution in [1.82, 2.24) is 21.3 Å². The first-order valence-electron chi connectivity index (χ1n) is 12.5. The van der Waals surface area contributed by atoms with Crippen LogP contribution in [0.15, 0.2) is 54.6 Å². The number of nitrogens with one attached hydrogen (secondary N) is 5. The van der Waals surface area contributed by atoms with Crippen LogP contribution in [0.1, 0.15) is 45.7 Å². The van der Waals surface area contributed by atoms with Crippen molar-refractivity contribution in [2.24, 2.45) is 0 Å². The predicted octanol–water partition coefficient (Wildman–Crippen LogP) is 3.58. The first kappa shape index (κ1) is 24.5. The molecule has 7 nitrogen and oxygen atoms in total. The second kappa shape index (κ2) is 10.8. The van der Waals surface area contributed by atoms with Crippen molar-refractivity contribution in [2.45, 2.75) is 44.9 Å². The fourth-order valence-corrected chi connectivity index (χ4v) is 5.50. The highest BCUT2D eigenvalue weighted by Gasteiger charge is 2.23. The van der Waals surface area contributed by atoms with E-state index in [-0.39, 0.29) is 23.9 Å². The number of amides is 2. The van der Waals surface area contributed by atoms with Crippen LogP contribution in [0.2, 0.25) is 0 Å². The van der Waals surface area contributed by atoms with Crippen molar-refractivity contribution in [2.75, 3.05) is 25.0 Å². The summed E-state index contributed by atoms with van der Waals surface area (Å²) in [5, 5.41) is 16.1. The van der Waals surface area contributed by atoms with Gasteiger partial charge in [0.05, 0.1) is 18.1 Å². The third-order valence-electron chi connectivity index (χ3n) is 6.89. The number of rotatable bonds is 9. The van der Waals surface area contributed by atoms with Crippen LogP contribution >= 0.6 is 11.3 Å². The lowest BCUT2D eigenvalue weighted by Gasteiger charge is -2.29. The first-order chi connectivity index (χ1) is 17.5. The van der Waals surface area contributed by atoms with Crippen LogP contribution in [0.3, 0.4) is 0 Å². The van der Waals surface area contributed by atoms with Crippen molar-refractivity contribution < 1.29 is 9.59 Å². The third kappa shape index (κ3) is 5.61. The summed E-state index contributed by atoms with van der Waals surface area (Å²) < 4.78 is 0. The summed E-state index contributed by atoms with van der Waals surface area (Å²) in [6, 6.07) is 18.7. The lowest BCUT2D eigenvalue weighted by atomic mass is 10.0. The minimum absolute atomic E-state index is 0.0683. The minimum atomic E-state index is -0.133. The van der Waals surface area contributed by atoms with Crippen molar-refractivity contribution in [3.05, 3.63) is 76.2 Å². The van der Waals surface area contributed by atoms with Gasteiger partial charge in [0.15, 0.2) is 0 Å². The van der Waals surface area contributed by atoms with E-state index in [0.29, 0.717) is 18.2 Å². The smallest absolute Gasteiger partial charge is 0.252 e. The van der Waals surface area contributed by atoms with Gasteiger partial charge in [0.1, 0.15) is 0 Å². The molecule has 0 saturated carbocycles. The van der Waals surface area contributed by atoms with Crippen molar-refractivity contribution in [1.29, 1.82) is 0 Å². The Bertz CT molecular complexity index is 1250.